The topological polar surface area (TPSA) is 0 Å². The van der Waals surface area contributed by atoms with Crippen LogP contribution >= 0.6 is 15.9 Å². The van der Waals surface area contributed by atoms with Crippen LogP contribution in [0.25, 0.3) is 5.57 Å². The standard InChI is InChI=1S/C13H15Br/c1-3-5-10-8-9(2)11-6-4-7-12(14)13(10)11/h4,6-8,10H,3,5H2,1-2H3. The number of hydrogen-bond acceptors (Lipinski definition) is 0. The molecule has 2 rings (SSSR count). The van der Waals surface area contributed by atoms with Crippen LogP contribution in [-0.4, -0.2) is 0 Å². The molecule has 1 aromatic carbocycles. The van der Waals surface area contributed by atoms with Gasteiger partial charge in [-0.3, -0.25) is 0 Å². The quantitative estimate of drug-likeness (QED) is 0.711. The third-order valence-corrected chi connectivity index (χ3v) is 3.59. The lowest BCUT2D eigenvalue weighted by molar-refractivity contribution is 0.723. The Morgan fingerprint density at radius 3 is 2.86 bits per heavy atom. The predicted octanol–water partition coefficient (Wildman–Crippen LogP) is 4.75. The fourth-order valence-electron chi connectivity index (χ4n) is 2.27. The molecule has 0 fully saturated rings. The maximum absolute atomic E-state index is 3.65. The summed E-state index contributed by atoms with van der Waals surface area (Å²) in [5, 5.41) is 0. The van der Waals surface area contributed by atoms with Crippen molar-refractivity contribution < 1.29 is 0 Å². The molecule has 1 atom stereocenters. The molecule has 1 unspecified atom stereocenters. The second-order valence-corrected chi connectivity index (χ2v) is 4.80. The van der Waals surface area contributed by atoms with Crippen LogP contribution in [0, 0.1) is 0 Å². The molecular weight excluding hydrogens is 236 g/mol. The second kappa shape index (κ2) is 3.90. The van der Waals surface area contributed by atoms with Gasteiger partial charge in [-0.2, -0.15) is 0 Å². The van der Waals surface area contributed by atoms with Crippen LogP contribution in [0.3, 0.4) is 0 Å². The van der Waals surface area contributed by atoms with Gasteiger partial charge in [0.15, 0.2) is 0 Å². The third-order valence-electron chi connectivity index (χ3n) is 2.90. The minimum atomic E-state index is 0.630. The van der Waals surface area contributed by atoms with Gasteiger partial charge in [-0.25, -0.2) is 0 Å². The number of halogens is 1. The van der Waals surface area contributed by atoms with Crippen molar-refractivity contribution in [3.63, 3.8) is 0 Å². The van der Waals surface area contributed by atoms with Crippen molar-refractivity contribution in [2.45, 2.75) is 32.6 Å². The van der Waals surface area contributed by atoms with Crippen LogP contribution < -0.4 is 0 Å². The van der Waals surface area contributed by atoms with Crippen LogP contribution in [0.1, 0.15) is 43.7 Å². The van der Waals surface area contributed by atoms with Gasteiger partial charge in [-0.1, -0.05) is 47.5 Å². The number of fused-ring (bicyclic) bond motifs is 1. The monoisotopic (exact) mass is 250 g/mol. The van der Waals surface area contributed by atoms with Crippen LogP contribution in [0.2, 0.25) is 0 Å². The first-order valence-corrected chi connectivity index (χ1v) is 6.00. The highest BCUT2D eigenvalue weighted by Crippen LogP contribution is 2.41. The van der Waals surface area contributed by atoms with E-state index < -0.39 is 0 Å². The van der Waals surface area contributed by atoms with Crippen LogP contribution in [-0.2, 0) is 0 Å². The molecule has 0 aliphatic heterocycles. The first-order valence-electron chi connectivity index (χ1n) is 5.21. The second-order valence-electron chi connectivity index (χ2n) is 3.95. The maximum Gasteiger partial charge on any atom is 0.0219 e. The first-order chi connectivity index (χ1) is 6.74. The van der Waals surface area contributed by atoms with E-state index in [1.54, 1.807) is 0 Å². The van der Waals surface area contributed by atoms with Crippen molar-refractivity contribution in [1.29, 1.82) is 0 Å². The van der Waals surface area contributed by atoms with Crippen molar-refractivity contribution in [1.82, 2.24) is 0 Å². The molecule has 0 nitrogen and oxygen atoms in total. The summed E-state index contributed by atoms with van der Waals surface area (Å²) >= 11 is 3.65. The molecule has 0 amide bonds. The fraction of sp³-hybridized carbons (Fsp3) is 0.385. The van der Waals surface area contributed by atoms with Crippen molar-refractivity contribution in [3.05, 3.63) is 39.9 Å². The third kappa shape index (κ3) is 1.54. The summed E-state index contributed by atoms with van der Waals surface area (Å²) in [4.78, 5) is 0. The van der Waals surface area contributed by atoms with Gasteiger partial charge < -0.3 is 0 Å². The highest BCUT2D eigenvalue weighted by atomic mass is 79.9. The molecule has 14 heavy (non-hydrogen) atoms. The Kier molecular flexibility index (Phi) is 2.78. The average Bonchev–Trinajstić information content (AvgIpc) is 2.46. The van der Waals surface area contributed by atoms with Gasteiger partial charge in [-0.05, 0) is 36.1 Å². The van der Waals surface area contributed by atoms with E-state index >= 15 is 0 Å². The van der Waals surface area contributed by atoms with Gasteiger partial charge in [0.05, 0.1) is 0 Å². The Morgan fingerprint density at radius 1 is 1.36 bits per heavy atom. The Balaban J connectivity index is 2.47. The minimum Gasteiger partial charge on any atom is -0.0734 e. The highest BCUT2D eigenvalue weighted by molar-refractivity contribution is 9.10. The number of rotatable bonds is 2. The van der Waals surface area contributed by atoms with Gasteiger partial charge in [0.1, 0.15) is 0 Å². The Bertz CT molecular complexity index is 377. The summed E-state index contributed by atoms with van der Waals surface area (Å²) in [6, 6.07) is 6.49. The zero-order valence-corrected chi connectivity index (χ0v) is 10.3. The SMILES string of the molecule is CCCC1C=C(C)c2cccc(Br)c21. The Morgan fingerprint density at radius 2 is 2.14 bits per heavy atom. The van der Waals surface area contributed by atoms with Gasteiger partial charge >= 0.3 is 0 Å². The van der Waals surface area contributed by atoms with E-state index in [2.05, 4.69) is 54.1 Å². The molecule has 0 saturated heterocycles. The zero-order valence-electron chi connectivity index (χ0n) is 8.68. The summed E-state index contributed by atoms with van der Waals surface area (Å²) in [5.74, 6) is 0.630. The Hall–Kier alpha value is -0.560. The molecule has 0 saturated carbocycles. The first kappa shape index (κ1) is 9.97. The molecular formula is C13H15Br. The number of hydrogen-bond donors (Lipinski definition) is 0. The average molecular weight is 251 g/mol. The molecule has 74 valence electrons. The number of allylic oxidation sites excluding steroid dienone is 2. The minimum absolute atomic E-state index is 0.630. The molecule has 1 heteroatoms. The molecule has 0 aromatic heterocycles. The molecule has 1 aliphatic carbocycles. The summed E-state index contributed by atoms with van der Waals surface area (Å²) in [5.41, 5.74) is 4.35. The van der Waals surface area contributed by atoms with Gasteiger partial charge in [0.2, 0.25) is 0 Å². The van der Waals surface area contributed by atoms with E-state index in [9.17, 15) is 0 Å². The maximum atomic E-state index is 3.65. The van der Waals surface area contributed by atoms with E-state index in [1.807, 2.05) is 0 Å². The van der Waals surface area contributed by atoms with Crippen LogP contribution in [0.15, 0.2) is 28.7 Å². The Labute approximate surface area is 94.2 Å². The van der Waals surface area contributed by atoms with Crippen LogP contribution in [0.4, 0.5) is 0 Å². The zero-order chi connectivity index (χ0) is 10.1. The molecule has 0 heterocycles. The van der Waals surface area contributed by atoms with E-state index in [-0.39, 0.29) is 0 Å². The largest absolute Gasteiger partial charge is 0.0734 e. The summed E-state index contributed by atoms with van der Waals surface area (Å²) in [7, 11) is 0. The van der Waals surface area contributed by atoms with E-state index in [0.29, 0.717) is 5.92 Å². The predicted molar refractivity (Wildman–Crippen MR) is 65.4 cm³/mol. The van der Waals surface area contributed by atoms with Gasteiger partial charge in [-0.15, -0.1) is 0 Å². The fourth-order valence-corrected chi connectivity index (χ4v) is 2.93. The lowest BCUT2D eigenvalue weighted by Crippen LogP contribution is -1.93. The number of benzene rings is 1. The molecule has 0 radical (unpaired) electrons. The van der Waals surface area contributed by atoms with Crippen molar-refractivity contribution in [3.8, 4) is 0 Å². The molecule has 0 bridgehead atoms. The molecule has 1 aromatic rings. The van der Waals surface area contributed by atoms with Gasteiger partial charge in [0, 0.05) is 10.4 Å². The van der Waals surface area contributed by atoms with Crippen molar-refractivity contribution in [2.75, 3.05) is 0 Å². The lowest BCUT2D eigenvalue weighted by atomic mass is 9.96. The molecule has 0 N–H and O–H groups in total. The summed E-state index contributed by atoms with van der Waals surface area (Å²) < 4.78 is 1.27. The van der Waals surface area contributed by atoms with Crippen LogP contribution in [0.5, 0.6) is 0 Å². The molecule has 1 aliphatic rings. The smallest absolute Gasteiger partial charge is 0.0219 e. The molecule has 0 spiro atoms. The normalized spacial score (nSPS) is 19.4. The van der Waals surface area contributed by atoms with Crippen molar-refractivity contribution in [2.24, 2.45) is 0 Å². The summed E-state index contributed by atoms with van der Waals surface area (Å²) in [6.07, 6.45) is 4.90. The van der Waals surface area contributed by atoms with Crippen molar-refractivity contribution >= 4 is 21.5 Å². The van der Waals surface area contributed by atoms with Gasteiger partial charge in [0.25, 0.3) is 0 Å². The lowest BCUT2D eigenvalue weighted by Gasteiger charge is -2.11. The highest BCUT2D eigenvalue weighted by Gasteiger charge is 2.22. The summed E-state index contributed by atoms with van der Waals surface area (Å²) in [6.45, 7) is 4.46. The van der Waals surface area contributed by atoms with E-state index in [0.717, 1.165) is 0 Å². The van der Waals surface area contributed by atoms with E-state index in [4.69, 9.17) is 0 Å². The van der Waals surface area contributed by atoms with E-state index in [1.165, 1.54) is 34.0 Å².